The molecule has 1 aromatic heterocycles. The highest BCUT2D eigenvalue weighted by Gasteiger charge is 2.42. The molecule has 0 saturated heterocycles. The van der Waals surface area contributed by atoms with Crippen molar-refractivity contribution in [1.82, 2.24) is 4.90 Å². The summed E-state index contributed by atoms with van der Waals surface area (Å²) in [5.41, 5.74) is 3.22. The molecule has 1 atom stereocenters. The van der Waals surface area contributed by atoms with Crippen molar-refractivity contribution in [3.8, 4) is 11.5 Å². The Morgan fingerprint density at radius 3 is 2.55 bits per heavy atom. The molecule has 0 radical (unpaired) electrons. The number of carbonyl (C=O) groups is 1. The molecule has 2 aromatic carbocycles. The van der Waals surface area contributed by atoms with Crippen LogP contribution in [0, 0.1) is 13.8 Å². The molecule has 1 unspecified atom stereocenters. The third-order valence-corrected chi connectivity index (χ3v) is 5.98. The number of benzene rings is 2. The molecule has 1 aliphatic rings. The Balaban J connectivity index is 1.92. The molecule has 0 fully saturated rings. The van der Waals surface area contributed by atoms with Crippen LogP contribution in [0.5, 0.6) is 11.5 Å². The van der Waals surface area contributed by atoms with Crippen LogP contribution in [0.1, 0.15) is 38.9 Å². The fourth-order valence-corrected chi connectivity index (χ4v) is 4.16. The summed E-state index contributed by atoms with van der Waals surface area (Å²) in [6, 6.07) is 8.38. The zero-order valence-corrected chi connectivity index (χ0v) is 19.3. The lowest BCUT2D eigenvalue weighted by molar-refractivity contribution is 0.0663. The van der Waals surface area contributed by atoms with E-state index in [0.717, 1.165) is 16.7 Å². The predicted molar refractivity (Wildman–Crippen MR) is 125 cm³/mol. The van der Waals surface area contributed by atoms with E-state index in [-0.39, 0.29) is 17.1 Å². The van der Waals surface area contributed by atoms with Gasteiger partial charge in [-0.05, 0) is 54.8 Å². The quantitative estimate of drug-likeness (QED) is 0.480. The van der Waals surface area contributed by atoms with Crippen LogP contribution >= 0.6 is 0 Å². The molecule has 0 spiro atoms. The molecule has 7 heteroatoms. The lowest BCUT2D eigenvalue weighted by Gasteiger charge is -2.25. The van der Waals surface area contributed by atoms with Crippen LogP contribution in [0.2, 0.25) is 0 Å². The standard InChI is InChI=1S/C26H27NO6/c1-6-10-32-19-8-7-17(14-21(19)31-5)23-22-24(28)18-12-15(2)16(3)13-20(18)33-25(22)26(29)27(23)9-11-30-4/h6-8,12-14,23H,1,9-11H2,2-5H3. The van der Waals surface area contributed by atoms with Crippen LogP contribution in [0.15, 0.2) is 52.2 Å². The Morgan fingerprint density at radius 1 is 1.09 bits per heavy atom. The Kier molecular flexibility index (Phi) is 6.24. The first kappa shape index (κ1) is 22.6. The third kappa shape index (κ3) is 3.89. The molecule has 0 bridgehead atoms. The minimum absolute atomic E-state index is 0.0720. The van der Waals surface area contributed by atoms with Crippen molar-refractivity contribution in [2.75, 3.05) is 34.0 Å². The fourth-order valence-electron chi connectivity index (χ4n) is 4.16. The van der Waals surface area contributed by atoms with Gasteiger partial charge in [0.15, 0.2) is 16.9 Å². The minimum Gasteiger partial charge on any atom is -0.493 e. The monoisotopic (exact) mass is 449 g/mol. The summed E-state index contributed by atoms with van der Waals surface area (Å²) in [6.45, 7) is 8.50. The summed E-state index contributed by atoms with van der Waals surface area (Å²) < 4.78 is 22.4. The van der Waals surface area contributed by atoms with Crippen LogP contribution in [-0.4, -0.2) is 44.8 Å². The topological polar surface area (TPSA) is 78.2 Å². The smallest absolute Gasteiger partial charge is 0.290 e. The molecule has 2 heterocycles. The number of rotatable bonds is 8. The molecule has 7 nitrogen and oxygen atoms in total. The summed E-state index contributed by atoms with van der Waals surface area (Å²) in [6.07, 6.45) is 1.64. The second-order valence-corrected chi connectivity index (χ2v) is 8.01. The van der Waals surface area contributed by atoms with Crippen LogP contribution in [-0.2, 0) is 4.74 Å². The van der Waals surface area contributed by atoms with E-state index in [1.807, 2.05) is 26.0 Å². The maximum Gasteiger partial charge on any atom is 0.290 e. The molecule has 0 N–H and O–H groups in total. The number of methoxy groups -OCH3 is 2. The second-order valence-electron chi connectivity index (χ2n) is 8.01. The summed E-state index contributed by atoms with van der Waals surface area (Å²) in [4.78, 5) is 28.6. The van der Waals surface area contributed by atoms with E-state index in [9.17, 15) is 9.59 Å². The van der Waals surface area contributed by atoms with Gasteiger partial charge in [0.2, 0.25) is 5.76 Å². The maximum atomic E-state index is 13.7. The molecule has 4 rings (SSSR count). The van der Waals surface area contributed by atoms with Gasteiger partial charge < -0.3 is 23.5 Å². The van der Waals surface area contributed by atoms with Crippen molar-refractivity contribution in [3.63, 3.8) is 0 Å². The van der Waals surface area contributed by atoms with E-state index in [0.29, 0.717) is 47.8 Å². The normalized spacial score (nSPS) is 15.1. The van der Waals surface area contributed by atoms with E-state index in [2.05, 4.69) is 6.58 Å². The number of ether oxygens (including phenoxy) is 3. The summed E-state index contributed by atoms with van der Waals surface area (Å²) >= 11 is 0. The largest absolute Gasteiger partial charge is 0.493 e. The van der Waals surface area contributed by atoms with E-state index in [4.69, 9.17) is 18.6 Å². The highest BCUT2D eigenvalue weighted by molar-refractivity contribution is 5.99. The van der Waals surface area contributed by atoms with Gasteiger partial charge in [-0.25, -0.2) is 0 Å². The van der Waals surface area contributed by atoms with Gasteiger partial charge in [-0.3, -0.25) is 9.59 Å². The molecular formula is C26H27NO6. The predicted octanol–water partition coefficient (Wildman–Crippen LogP) is 4.17. The van der Waals surface area contributed by atoms with Gasteiger partial charge in [-0.15, -0.1) is 0 Å². The SMILES string of the molecule is C=CCOc1ccc(C2c3c(oc4cc(C)c(C)cc4c3=O)C(=O)N2CCOC)cc1OC. The maximum absolute atomic E-state index is 13.7. The van der Waals surface area contributed by atoms with Gasteiger partial charge in [0, 0.05) is 13.7 Å². The number of nitrogens with zero attached hydrogens (tertiary/aromatic N) is 1. The Labute approximate surface area is 192 Å². The van der Waals surface area contributed by atoms with Gasteiger partial charge in [0.05, 0.1) is 30.7 Å². The van der Waals surface area contributed by atoms with E-state index in [1.54, 1.807) is 43.4 Å². The van der Waals surface area contributed by atoms with Crippen molar-refractivity contribution in [2.24, 2.45) is 0 Å². The first-order valence-corrected chi connectivity index (χ1v) is 10.7. The molecular weight excluding hydrogens is 422 g/mol. The zero-order chi connectivity index (χ0) is 23.7. The molecule has 1 aliphatic heterocycles. The lowest BCUT2D eigenvalue weighted by Crippen LogP contribution is -2.32. The molecule has 172 valence electrons. The molecule has 0 aliphatic carbocycles. The van der Waals surface area contributed by atoms with E-state index < -0.39 is 6.04 Å². The molecule has 1 amide bonds. The summed E-state index contributed by atoms with van der Waals surface area (Å²) in [7, 11) is 3.12. The highest BCUT2D eigenvalue weighted by Crippen LogP contribution is 2.41. The Bertz CT molecular complexity index is 1290. The van der Waals surface area contributed by atoms with Gasteiger partial charge in [0.25, 0.3) is 5.91 Å². The van der Waals surface area contributed by atoms with E-state index in [1.165, 1.54) is 0 Å². The highest BCUT2D eigenvalue weighted by atomic mass is 16.5. The molecule has 3 aromatic rings. The number of carbonyl (C=O) groups excluding carboxylic acids is 1. The molecule has 0 saturated carbocycles. The van der Waals surface area contributed by atoms with Crippen LogP contribution in [0.3, 0.4) is 0 Å². The first-order valence-electron chi connectivity index (χ1n) is 10.7. The van der Waals surface area contributed by atoms with Crippen molar-refractivity contribution in [2.45, 2.75) is 19.9 Å². The Hall–Kier alpha value is -3.58. The van der Waals surface area contributed by atoms with Crippen molar-refractivity contribution >= 4 is 16.9 Å². The molecule has 33 heavy (non-hydrogen) atoms. The zero-order valence-electron chi connectivity index (χ0n) is 19.3. The fraction of sp³-hybridized carbons (Fsp3) is 0.308. The Morgan fingerprint density at radius 2 is 1.85 bits per heavy atom. The average molecular weight is 450 g/mol. The number of fused-ring (bicyclic) bond motifs is 2. The summed E-state index contributed by atoms with van der Waals surface area (Å²) in [5, 5.41) is 0.459. The van der Waals surface area contributed by atoms with Gasteiger partial charge >= 0.3 is 0 Å². The van der Waals surface area contributed by atoms with Crippen molar-refractivity contribution < 1.29 is 23.4 Å². The van der Waals surface area contributed by atoms with Gasteiger partial charge in [-0.2, -0.15) is 0 Å². The van der Waals surface area contributed by atoms with Crippen molar-refractivity contribution in [1.29, 1.82) is 0 Å². The third-order valence-electron chi connectivity index (χ3n) is 5.98. The van der Waals surface area contributed by atoms with Gasteiger partial charge in [0.1, 0.15) is 12.2 Å². The minimum atomic E-state index is -0.632. The first-order chi connectivity index (χ1) is 15.9. The number of hydrogen-bond donors (Lipinski definition) is 0. The average Bonchev–Trinajstić information content (AvgIpc) is 3.09. The van der Waals surface area contributed by atoms with Crippen LogP contribution < -0.4 is 14.9 Å². The number of amides is 1. The van der Waals surface area contributed by atoms with Crippen LogP contribution in [0.25, 0.3) is 11.0 Å². The lowest BCUT2D eigenvalue weighted by atomic mass is 9.97. The van der Waals surface area contributed by atoms with E-state index >= 15 is 0 Å². The van der Waals surface area contributed by atoms with Crippen LogP contribution in [0.4, 0.5) is 0 Å². The number of hydrogen-bond acceptors (Lipinski definition) is 6. The van der Waals surface area contributed by atoms with Gasteiger partial charge in [-0.1, -0.05) is 18.7 Å². The number of aryl methyl sites for hydroxylation is 2. The van der Waals surface area contributed by atoms with Crippen molar-refractivity contribution in [3.05, 3.63) is 81.2 Å². The summed E-state index contributed by atoms with van der Waals surface area (Å²) in [5.74, 6) is 0.780. The second kappa shape index (κ2) is 9.11.